The third-order valence-electron chi connectivity index (χ3n) is 4.68. The van der Waals surface area contributed by atoms with E-state index in [0.717, 1.165) is 17.3 Å². The number of primary sulfonamides is 1. The minimum atomic E-state index is -3.90. The lowest BCUT2D eigenvalue weighted by Crippen LogP contribution is -2.14. The molecule has 0 saturated carbocycles. The molecule has 2 aromatic carbocycles. The van der Waals surface area contributed by atoms with Crippen LogP contribution < -0.4 is 20.5 Å². The van der Waals surface area contributed by atoms with Crippen molar-refractivity contribution in [2.24, 2.45) is 5.14 Å². The second kappa shape index (κ2) is 9.81. The highest BCUT2D eigenvalue weighted by molar-refractivity contribution is 7.89. The minimum Gasteiger partial charge on any atom is -0.492 e. The first-order chi connectivity index (χ1) is 15.6. The van der Waals surface area contributed by atoms with Gasteiger partial charge in [-0.25, -0.2) is 22.9 Å². The molecule has 4 N–H and O–H groups in total. The Balaban J connectivity index is 1.84. The van der Waals surface area contributed by atoms with Crippen molar-refractivity contribution in [3.63, 3.8) is 0 Å². The van der Waals surface area contributed by atoms with E-state index in [-0.39, 0.29) is 29.7 Å². The molecule has 3 aromatic rings. The predicted octanol–water partition coefficient (Wildman–Crippen LogP) is 3.97. The van der Waals surface area contributed by atoms with Gasteiger partial charge >= 0.3 is 0 Å². The second-order valence-electron chi connectivity index (χ2n) is 7.36. The number of aromatic nitrogens is 2. The summed E-state index contributed by atoms with van der Waals surface area (Å²) in [4.78, 5) is 8.05. The summed E-state index contributed by atoms with van der Waals surface area (Å²) < 4.78 is 43.5. The summed E-state index contributed by atoms with van der Waals surface area (Å²) in [5.41, 5.74) is 3.11. The SMILES string of the molecule is Cc1ccc(Nc2ncc(F)c(Nc3cc(C)c(OCCC#N)c(C)c3)n2)cc1S(N)(=O)=O. The van der Waals surface area contributed by atoms with Crippen molar-refractivity contribution in [2.45, 2.75) is 32.1 Å². The molecule has 1 aromatic heterocycles. The molecule has 0 saturated heterocycles. The average Bonchev–Trinajstić information content (AvgIpc) is 2.73. The largest absolute Gasteiger partial charge is 0.492 e. The summed E-state index contributed by atoms with van der Waals surface area (Å²) in [6.07, 6.45) is 1.28. The van der Waals surface area contributed by atoms with Gasteiger partial charge in [0.15, 0.2) is 11.6 Å². The fraction of sp³-hybridized carbons (Fsp3) is 0.227. The van der Waals surface area contributed by atoms with Crippen molar-refractivity contribution >= 4 is 33.2 Å². The van der Waals surface area contributed by atoms with Crippen LogP contribution in [-0.2, 0) is 10.0 Å². The molecule has 3 rings (SSSR count). The monoisotopic (exact) mass is 470 g/mol. The zero-order valence-corrected chi connectivity index (χ0v) is 19.1. The highest BCUT2D eigenvalue weighted by Crippen LogP contribution is 2.30. The summed E-state index contributed by atoms with van der Waals surface area (Å²) in [5.74, 6) is 0.00179. The lowest BCUT2D eigenvalue weighted by Gasteiger charge is -2.15. The van der Waals surface area contributed by atoms with Crippen molar-refractivity contribution in [1.29, 1.82) is 5.26 Å². The number of ether oxygens (including phenoxy) is 1. The van der Waals surface area contributed by atoms with Crippen molar-refractivity contribution in [3.05, 3.63) is 59.0 Å². The maximum Gasteiger partial charge on any atom is 0.238 e. The van der Waals surface area contributed by atoms with Crippen LogP contribution in [0.3, 0.4) is 0 Å². The molecule has 0 spiro atoms. The Kier molecular flexibility index (Phi) is 7.10. The van der Waals surface area contributed by atoms with Gasteiger partial charge in [0.2, 0.25) is 16.0 Å². The first kappa shape index (κ1) is 23.9. The van der Waals surface area contributed by atoms with Gasteiger partial charge in [-0.2, -0.15) is 10.2 Å². The summed E-state index contributed by atoms with van der Waals surface area (Å²) in [5, 5.41) is 19.7. The molecule has 11 heteroatoms. The van der Waals surface area contributed by atoms with Gasteiger partial charge in [-0.3, -0.25) is 0 Å². The molecule has 0 aliphatic rings. The van der Waals surface area contributed by atoms with Crippen LogP contribution in [0.2, 0.25) is 0 Å². The topological polar surface area (TPSA) is 143 Å². The van der Waals surface area contributed by atoms with Crippen LogP contribution in [0.4, 0.5) is 27.5 Å². The number of hydrogen-bond donors (Lipinski definition) is 3. The maximum atomic E-state index is 14.4. The van der Waals surface area contributed by atoms with E-state index in [1.54, 1.807) is 31.2 Å². The molecule has 0 bridgehead atoms. The summed E-state index contributed by atoms with van der Waals surface area (Å²) in [6.45, 7) is 5.61. The number of aryl methyl sites for hydroxylation is 3. The molecule has 0 radical (unpaired) electrons. The number of nitriles is 1. The molecule has 0 amide bonds. The molecule has 9 nitrogen and oxygen atoms in total. The number of sulfonamides is 1. The Morgan fingerprint density at radius 1 is 1.09 bits per heavy atom. The van der Waals surface area contributed by atoms with Gasteiger partial charge in [-0.1, -0.05) is 6.07 Å². The third-order valence-corrected chi connectivity index (χ3v) is 5.73. The Morgan fingerprint density at radius 3 is 2.42 bits per heavy atom. The number of rotatable bonds is 8. The molecule has 0 fully saturated rings. The van der Waals surface area contributed by atoms with Crippen LogP contribution in [0, 0.1) is 37.9 Å². The van der Waals surface area contributed by atoms with Crippen LogP contribution >= 0.6 is 0 Å². The van der Waals surface area contributed by atoms with Crippen LogP contribution in [0.5, 0.6) is 5.75 Å². The third kappa shape index (κ3) is 5.94. The van der Waals surface area contributed by atoms with Gasteiger partial charge in [0, 0.05) is 11.4 Å². The number of hydrogen-bond acceptors (Lipinski definition) is 8. The Morgan fingerprint density at radius 2 is 1.79 bits per heavy atom. The van der Waals surface area contributed by atoms with Crippen LogP contribution in [0.25, 0.3) is 0 Å². The van der Waals surface area contributed by atoms with E-state index in [2.05, 4.69) is 20.6 Å². The number of nitrogens with two attached hydrogens (primary N) is 1. The molecular formula is C22H23FN6O3S. The number of nitrogens with zero attached hydrogens (tertiary/aromatic N) is 3. The van der Waals surface area contributed by atoms with Gasteiger partial charge in [0.1, 0.15) is 12.4 Å². The second-order valence-corrected chi connectivity index (χ2v) is 8.89. The minimum absolute atomic E-state index is 0.0315. The maximum absolute atomic E-state index is 14.4. The summed E-state index contributed by atoms with van der Waals surface area (Å²) >= 11 is 0. The normalized spacial score (nSPS) is 11.0. The van der Waals surface area contributed by atoms with E-state index >= 15 is 0 Å². The zero-order valence-electron chi connectivity index (χ0n) is 18.3. The fourth-order valence-electron chi connectivity index (χ4n) is 3.21. The molecule has 0 aliphatic heterocycles. The standard InChI is InChI=1S/C22H23FN6O3S/c1-13-5-6-16(11-19(13)33(25,30)31)28-22-26-12-18(23)21(29-22)27-17-9-14(2)20(15(3)10-17)32-8-4-7-24/h5-6,9-12H,4,8H2,1-3H3,(H2,25,30,31)(H2,26,27,28,29). The van der Waals surface area contributed by atoms with Crippen LogP contribution in [-0.4, -0.2) is 25.0 Å². The molecule has 172 valence electrons. The molecule has 33 heavy (non-hydrogen) atoms. The number of halogens is 1. The van der Waals surface area contributed by atoms with E-state index in [0.29, 0.717) is 22.7 Å². The van der Waals surface area contributed by atoms with E-state index in [1.165, 1.54) is 6.07 Å². The van der Waals surface area contributed by atoms with Gasteiger partial charge < -0.3 is 15.4 Å². The zero-order chi connectivity index (χ0) is 24.2. The molecular weight excluding hydrogens is 447 g/mol. The number of benzene rings is 2. The molecule has 1 heterocycles. The first-order valence-electron chi connectivity index (χ1n) is 9.89. The van der Waals surface area contributed by atoms with E-state index in [4.69, 9.17) is 15.1 Å². The summed E-state index contributed by atoms with van der Waals surface area (Å²) in [6, 6.07) is 10.2. The molecule has 0 unspecified atom stereocenters. The van der Waals surface area contributed by atoms with Crippen LogP contribution in [0.15, 0.2) is 41.4 Å². The highest BCUT2D eigenvalue weighted by atomic mass is 32.2. The molecule has 0 aliphatic carbocycles. The van der Waals surface area contributed by atoms with Crippen molar-refractivity contribution in [1.82, 2.24) is 9.97 Å². The first-order valence-corrected chi connectivity index (χ1v) is 11.4. The van der Waals surface area contributed by atoms with E-state index < -0.39 is 15.8 Å². The lowest BCUT2D eigenvalue weighted by molar-refractivity contribution is 0.322. The average molecular weight is 471 g/mol. The lowest BCUT2D eigenvalue weighted by atomic mass is 10.1. The van der Waals surface area contributed by atoms with E-state index in [9.17, 15) is 12.8 Å². The highest BCUT2D eigenvalue weighted by Gasteiger charge is 2.14. The van der Waals surface area contributed by atoms with Gasteiger partial charge in [0.05, 0.1) is 23.6 Å². The van der Waals surface area contributed by atoms with Crippen molar-refractivity contribution < 1.29 is 17.5 Å². The van der Waals surface area contributed by atoms with Gasteiger partial charge in [-0.05, 0) is 61.7 Å². The smallest absolute Gasteiger partial charge is 0.238 e. The molecule has 0 atom stereocenters. The quantitative estimate of drug-likeness (QED) is 0.420. The van der Waals surface area contributed by atoms with E-state index in [1.807, 2.05) is 19.9 Å². The number of anilines is 4. The Hall–Kier alpha value is -3.75. The van der Waals surface area contributed by atoms with Gasteiger partial charge in [-0.15, -0.1) is 0 Å². The summed E-state index contributed by atoms with van der Waals surface area (Å²) in [7, 11) is -3.90. The van der Waals surface area contributed by atoms with Gasteiger partial charge in [0.25, 0.3) is 0 Å². The Bertz CT molecular complexity index is 1320. The Labute approximate surface area is 191 Å². The van der Waals surface area contributed by atoms with Crippen molar-refractivity contribution in [2.75, 3.05) is 17.2 Å². The fourth-order valence-corrected chi connectivity index (χ4v) is 4.02. The van der Waals surface area contributed by atoms with Crippen LogP contribution in [0.1, 0.15) is 23.1 Å². The number of nitrogens with one attached hydrogen (secondary N) is 2. The van der Waals surface area contributed by atoms with Crippen molar-refractivity contribution in [3.8, 4) is 11.8 Å². The predicted molar refractivity (Wildman–Crippen MR) is 123 cm³/mol.